The number of carbonyl (C=O) groups excluding carboxylic acids is 1. The Bertz CT molecular complexity index is 1150. The third-order valence-corrected chi connectivity index (χ3v) is 4.45. The molecule has 2 aromatic heterocycles. The number of anilines is 1. The molecule has 0 aliphatic carbocycles. The predicted molar refractivity (Wildman–Crippen MR) is 95.0 cm³/mol. The van der Waals surface area contributed by atoms with Crippen LogP contribution in [0.25, 0.3) is 11.2 Å². The Morgan fingerprint density at radius 1 is 1.27 bits per heavy atom. The van der Waals surface area contributed by atoms with E-state index in [9.17, 15) is 18.8 Å². The molecule has 3 rings (SSSR count). The van der Waals surface area contributed by atoms with Crippen LogP contribution in [-0.4, -0.2) is 24.6 Å². The van der Waals surface area contributed by atoms with E-state index >= 15 is 0 Å². The first-order valence-corrected chi connectivity index (χ1v) is 7.98. The van der Waals surface area contributed by atoms with Gasteiger partial charge in [-0.25, -0.2) is 14.2 Å². The number of fused-ring (bicyclic) bond motifs is 1. The maximum absolute atomic E-state index is 13.2. The molecule has 2 heterocycles. The molecule has 0 radical (unpaired) electrons. The standard InChI is InChI=1S/C16H15ClFN5O3/c1-8(14(24)20-9-4-5-11(18)10(17)6-9)23-7-19-13-12(23)15(25)22(3)16(26)21(13)2/h4-8H,1-3H3,(H,20,24)/t8-/m1/s1. The van der Waals surface area contributed by atoms with Crippen molar-refractivity contribution >= 4 is 34.4 Å². The number of amides is 1. The van der Waals surface area contributed by atoms with Gasteiger partial charge in [-0.2, -0.15) is 0 Å². The minimum absolute atomic E-state index is 0.118. The zero-order chi connectivity index (χ0) is 19.2. The molecular formula is C16H15ClFN5O3. The molecule has 0 saturated carbocycles. The topological polar surface area (TPSA) is 90.9 Å². The van der Waals surface area contributed by atoms with Gasteiger partial charge in [0.25, 0.3) is 5.56 Å². The minimum atomic E-state index is -0.811. The number of aryl methyl sites for hydroxylation is 1. The summed E-state index contributed by atoms with van der Waals surface area (Å²) in [7, 11) is 2.85. The summed E-state index contributed by atoms with van der Waals surface area (Å²) in [4.78, 5) is 41.0. The molecule has 0 spiro atoms. The highest BCUT2D eigenvalue weighted by Gasteiger charge is 2.22. The molecule has 10 heteroatoms. The van der Waals surface area contributed by atoms with Crippen molar-refractivity contribution in [1.29, 1.82) is 0 Å². The molecule has 136 valence electrons. The first-order valence-electron chi connectivity index (χ1n) is 7.61. The average molecular weight is 380 g/mol. The lowest BCUT2D eigenvalue weighted by Gasteiger charge is -2.15. The van der Waals surface area contributed by atoms with Gasteiger partial charge in [-0.3, -0.25) is 18.7 Å². The molecule has 0 saturated heterocycles. The number of nitrogens with zero attached hydrogens (tertiary/aromatic N) is 4. The number of halogens is 2. The molecule has 0 aliphatic rings. The zero-order valence-electron chi connectivity index (χ0n) is 14.2. The van der Waals surface area contributed by atoms with Crippen molar-refractivity contribution in [2.75, 3.05) is 5.32 Å². The monoisotopic (exact) mass is 379 g/mol. The van der Waals surface area contributed by atoms with Crippen LogP contribution in [-0.2, 0) is 18.9 Å². The van der Waals surface area contributed by atoms with Crippen LogP contribution in [0.2, 0.25) is 5.02 Å². The summed E-state index contributed by atoms with van der Waals surface area (Å²) in [6, 6.07) is 2.99. The number of rotatable bonds is 3. The number of hydrogen-bond donors (Lipinski definition) is 1. The second-order valence-electron chi connectivity index (χ2n) is 5.82. The van der Waals surface area contributed by atoms with Crippen LogP contribution in [0.5, 0.6) is 0 Å². The Labute approximate surface area is 151 Å². The normalized spacial score (nSPS) is 12.3. The van der Waals surface area contributed by atoms with E-state index in [-0.39, 0.29) is 16.2 Å². The van der Waals surface area contributed by atoms with Gasteiger partial charge in [-0.05, 0) is 25.1 Å². The third-order valence-electron chi connectivity index (χ3n) is 4.16. The summed E-state index contributed by atoms with van der Waals surface area (Å²) in [6.07, 6.45) is 1.33. The molecule has 26 heavy (non-hydrogen) atoms. The Balaban J connectivity index is 2.01. The second-order valence-corrected chi connectivity index (χ2v) is 6.23. The van der Waals surface area contributed by atoms with E-state index in [1.807, 2.05) is 0 Å². The highest BCUT2D eigenvalue weighted by Crippen LogP contribution is 2.21. The van der Waals surface area contributed by atoms with Crippen molar-refractivity contribution in [3.8, 4) is 0 Å². The van der Waals surface area contributed by atoms with E-state index in [1.54, 1.807) is 6.92 Å². The van der Waals surface area contributed by atoms with Gasteiger partial charge in [0.05, 0.1) is 11.3 Å². The SMILES string of the molecule is C[C@H](C(=O)Nc1ccc(F)c(Cl)c1)n1cnc2c1c(=O)n(C)c(=O)n2C. The van der Waals surface area contributed by atoms with Gasteiger partial charge < -0.3 is 9.88 Å². The van der Waals surface area contributed by atoms with Crippen LogP contribution in [0.3, 0.4) is 0 Å². The lowest BCUT2D eigenvalue weighted by molar-refractivity contribution is -0.118. The Morgan fingerprint density at radius 3 is 2.62 bits per heavy atom. The van der Waals surface area contributed by atoms with Gasteiger partial charge in [0.1, 0.15) is 11.9 Å². The van der Waals surface area contributed by atoms with Crippen LogP contribution >= 0.6 is 11.6 Å². The fourth-order valence-corrected chi connectivity index (χ4v) is 2.79. The fourth-order valence-electron chi connectivity index (χ4n) is 2.60. The van der Waals surface area contributed by atoms with Crippen molar-refractivity contribution in [2.24, 2.45) is 14.1 Å². The molecule has 1 amide bonds. The Kier molecular flexibility index (Phi) is 4.41. The molecule has 8 nitrogen and oxygen atoms in total. The van der Waals surface area contributed by atoms with E-state index in [0.717, 1.165) is 10.6 Å². The van der Waals surface area contributed by atoms with Gasteiger partial charge in [-0.15, -0.1) is 0 Å². The summed E-state index contributed by atoms with van der Waals surface area (Å²) in [5.41, 5.74) is -0.425. The Morgan fingerprint density at radius 2 is 1.96 bits per heavy atom. The number of nitrogens with one attached hydrogen (secondary N) is 1. The summed E-state index contributed by atoms with van der Waals surface area (Å²) < 4.78 is 16.8. The number of carbonyl (C=O) groups is 1. The Hall–Kier alpha value is -2.94. The minimum Gasteiger partial charge on any atom is -0.324 e. The van der Waals surface area contributed by atoms with E-state index < -0.39 is 29.0 Å². The van der Waals surface area contributed by atoms with Crippen molar-refractivity contribution < 1.29 is 9.18 Å². The van der Waals surface area contributed by atoms with E-state index in [4.69, 9.17) is 11.6 Å². The van der Waals surface area contributed by atoms with Gasteiger partial charge in [0.15, 0.2) is 11.2 Å². The smallest absolute Gasteiger partial charge is 0.324 e. The largest absolute Gasteiger partial charge is 0.332 e. The number of benzene rings is 1. The zero-order valence-corrected chi connectivity index (χ0v) is 14.9. The molecule has 1 N–H and O–H groups in total. The predicted octanol–water partition coefficient (Wildman–Crippen LogP) is 1.43. The molecule has 1 atom stereocenters. The van der Waals surface area contributed by atoms with Crippen LogP contribution in [0.4, 0.5) is 10.1 Å². The quantitative estimate of drug-likeness (QED) is 0.745. The van der Waals surface area contributed by atoms with E-state index in [0.29, 0.717) is 5.69 Å². The fraction of sp³-hybridized carbons (Fsp3) is 0.250. The van der Waals surface area contributed by atoms with Gasteiger partial charge in [0.2, 0.25) is 5.91 Å². The number of hydrogen-bond acceptors (Lipinski definition) is 4. The van der Waals surface area contributed by atoms with Crippen LogP contribution in [0, 0.1) is 5.82 Å². The third kappa shape index (κ3) is 2.80. The first-order chi connectivity index (χ1) is 12.2. The van der Waals surface area contributed by atoms with E-state index in [1.165, 1.54) is 41.7 Å². The molecular weight excluding hydrogens is 365 g/mol. The van der Waals surface area contributed by atoms with Crippen molar-refractivity contribution in [2.45, 2.75) is 13.0 Å². The molecule has 0 bridgehead atoms. The second kappa shape index (κ2) is 6.41. The maximum Gasteiger partial charge on any atom is 0.332 e. The lowest BCUT2D eigenvalue weighted by Crippen LogP contribution is -2.38. The summed E-state index contributed by atoms with van der Waals surface area (Å²) >= 11 is 5.71. The van der Waals surface area contributed by atoms with Gasteiger partial charge >= 0.3 is 5.69 Å². The summed E-state index contributed by atoms with van der Waals surface area (Å²) in [5, 5.41) is 2.49. The molecule has 0 unspecified atom stereocenters. The molecule has 0 aliphatic heterocycles. The maximum atomic E-state index is 13.2. The number of aromatic nitrogens is 4. The van der Waals surface area contributed by atoms with Crippen LogP contribution in [0.1, 0.15) is 13.0 Å². The summed E-state index contributed by atoms with van der Waals surface area (Å²) in [6.45, 7) is 1.58. The average Bonchev–Trinajstić information content (AvgIpc) is 3.05. The van der Waals surface area contributed by atoms with Crippen molar-refractivity contribution in [3.63, 3.8) is 0 Å². The summed E-state index contributed by atoms with van der Waals surface area (Å²) in [5.74, 6) is -1.05. The molecule has 1 aromatic carbocycles. The van der Waals surface area contributed by atoms with Gasteiger partial charge in [-0.1, -0.05) is 11.6 Å². The first kappa shape index (κ1) is 17.9. The highest BCUT2D eigenvalue weighted by molar-refractivity contribution is 6.31. The van der Waals surface area contributed by atoms with Crippen LogP contribution in [0.15, 0.2) is 34.1 Å². The molecule has 3 aromatic rings. The lowest BCUT2D eigenvalue weighted by atomic mass is 10.2. The van der Waals surface area contributed by atoms with E-state index in [2.05, 4.69) is 10.3 Å². The van der Waals surface area contributed by atoms with Crippen molar-refractivity contribution in [1.82, 2.24) is 18.7 Å². The number of imidazole rings is 1. The highest BCUT2D eigenvalue weighted by atomic mass is 35.5. The molecule has 0 fully saturated rings. The van der Waals surface area contributed by atoms with Crippen LogP contribution < -0.4 is 16.6 Å². The van der Waals surface area contributed by atoms with Gasteiger partial charge in [0, 0.05) is 19.8 Å². The van der Waals surface area contributed by atoms with Crippen molar-refractivity contribution in [3.05, 3.63) is 56.2 Å².